The largest absolute Gasteiger partial charge is 0.507 e. The third kappa shape index (κ3) is 4.28. The molecule has 0 aromatic heterocycles. The molecule has 0 aliphatic carbocycles. The van der Waals surface area contributed by atoms with Gasteiger partial charge in [0.05, 0.1) is 18.7 Å². The summed E-state index contributed by atoms with van der Waals surface area (Å²) < 4.78 is 10.3. The minimum Gasteiger partial charge on any atom is -0.507 e. The van der Waals surface area contributed by atoms with Crippen LogP contribution in [0.2, 0.25) is 5.02 Å². The maximum absolute atomic E-state index is 12.8. The molecule has 0 bridgehead atoms. The molecule has 7 heteroatoms. The van der Waals surface area contributed by atoms with Gasteiger partial charge < -0.3 is 19.5 Å². The standard InChI is InChI=1S/C22H22ClNO5/c1-28-13-3-12-24-19(14-6-10-17(29-2)11-7-14)18(21(26)22(24)27)20(25)15-4-8-16(23)9-5-15/h4-11,19,25H,3,12-13H2,1-2H3/b20-18+/t19-/m1/s1. The molecule has 2 aromatic rings. The molecule has 1 aliphatic heterocycles. The Balaban J connectivity index is 2.09. The van der Waals surface area contributed by atoms with Gasteiger partial charge in [0, 0.05) is 30.8 Å². The van der Waals surface area contributed by atoms with Crippen molar-refractivity contribution in [2.45, 2.75) is 12.5 Å². The lowest BCUT2D eigenvalue weighted by molar-refractivity contribution is -0.140. The van der Waals surface area contributed by atoms with E-state index in [0.29, 0.717) is 41.5 Å². The van der Waals surface area contributed by atoms with Crippen molar-refractivity contribution in [1.29, 1.82) is 0 Å². The molecular weight excluding hydrogens is 394 g/mol. The quantitative estimate of drug-likeness (QED) is 0.322. The van der Waals surface area contributed by atoms with Gasteiger partial charge in [-0.2, -0.15) is 0 Å². The number of ketones is 1. The number of nitrogens with zero attached hydrogens (tertiary/aromatic N) is 1. The first kappa shape index (κ1) is 20.9. The van der Waals surface area contributed by atoms with E-state index < -0.39 is 17.7 Å². The van der Waals surface area contributed by atoms with Crippen molar-refractivity contribution < 1.29 is 24.2 Å². The number of amides is 1. The fraction of sp³-hybridized carbons (Fsp3) is 0.273. The molecule has 1 N–H and O–H groups in total. The van der Waals surface area contributed by atoms with Gasteiger partial charge in [-0.1, -0.05) is 23.7 Å². The Hall–Kier alpha value is -2.83. The minimum absolute atomic E-state index is 0.0555. The molecule has 6 nitrogen and oxygen atoms in total. The number of hydrogen-bond acceptors (Lipinski definition) is 5. The topological polar surface area (TPSA) is 76.1 Å². The van der Waals surface area contributed by atoms with E-state index in [1.807, 2.05) is 0 Å². The molecule has 1 amide bonds. The number of carbonyl (C=O) groups is 2. The van der Waals surface area contributed by atoms with Crippen LogP contribution in [0.15, 0.2) is 54.1 Å². The lowest BCUT2D eigenvalue weighted by Gasteiger charge is -2.25. The Morgan fingerprint density at radius 3 is 2.31 bits per heavy atom. The van der Waals surface area contributed by atoms with Gasteiger partial charge in [0.1, 0.15) is 11.5 Å². The summed E-state index contributed by atoms with van der Waals surface area (Å²) in [7, 11) is 3.14. The van der Waals surface area contributed by atoms with E-state index in [9.17, 15) is 14.7 Å². The van der Waals surface area contributed by atoms with Gasteiger partial charge in [-0.05, 0) is 48.4 Å². The lowest BCUT2D eigenvalue weighted by atomic mass is 9.95. The second-order valence-electron chi connectivity index (χ2n) is 6.62. The van der Waals surface area contributed by atoms with E-state index in [2.05, 4.69) is 0 Å². The average Bonchev–Trinajstić information content (AvgIpc) is 2.99. The Kier molecular flexibility index (Phi) is 6.56. The first-order chi connectivity index (χ1) is 14.0. The zero-order chi connectivity index (χ0) is 21.0. The average molecular weight is 416 g/mol. The molecule has 3 rings (SSSR count). The summed E-state index contributed by atoms with van der Waals surface area (Å²) in [5.41, 5.74) is 1.18. The maximum Gasteiger partial charge on any atom is 0.295 e. The van der Waals surface area contributed by atoms with Crippen LogP contribution in [-0.4, -0.2) is 49.1 Å². The summed E-state index contributed by atoms with van der Waals surface area (Å²) in [6.07, 6.45) is 0.567. The van der Waals surface area contributed by atoms with Crippen LogP contribution >= 0.6 is 11.6 Å². The lowest BCUT2D eigenvalue weighted by Crippen LogP contribution is -2.31. The van der Waals surface area contributed by atoms with Crippen LogP contribution in [0.5, 0.6) is 5.75 Å². The summed E-state index contributed by atoms with van der Waals surface area (Å²) in [5, 5.41) is 11.4. The first-order valence-corrected chi connectivity index (χ1v) is 9.53. The number of halogens is 1. The van der Waals surface area contributed by atoms with Gasteiger partial charge >= 0.3 is 0 Å². The zero-order valence-electron chi connectivity index (χ0n) is 16.2. The molecule has 2 aromatic carbocycles. The van der Waals surface area contributed by atoms with Crippen LogP contribution in [0, 0.1) is 0 Å². The summed E-state index contributed by atoms with van der Waals surface area (Å²) >= 11 is 5.92. The van der Waals surface area contributed by atoms with E-state index in [1.54, 1.807) is 62.8 Å². The summed E-state index contributed by atoms with van der Waals surface area (Å²) in [4.78, 5) is 27.1. The van der Waals surface area contributed by atoms with Gasteiger partial charge in [0.25, 0.3) is 11.7 Å². The molecule has 1 fully saturated rings. The number of rotatable bonds is 7. The monoisotopic (exact) mass is 415 g/mol. The van der Waals surface area contributed by atoms with Crippen molar-refractivity contribution in [1.82, 2.24) is 4.90 Å². The summed E-state index contributed by atoms with van der Waals surface area (Å²) in [6.45, 7) is 0.780. The number of likely N-dealkylation sites (tertiary alicyclic amines) is 1. The molecule has 0 spiro atoms. The number of carbonyl (C=O) groups excluding carboxylic acids is 2. The predicted molar refractivity (Wildman–Crippen MR) is 110 cm³/mol. The number of aliphatic hydroxyl groups excluding tert-OH is 1. The highest BCUT2D eigenvalue weighted by molar-refractivity contribution is 6.46. The molecule has 0 unspecified atom stereocenters. The zero-order valence-corrected chi connectivity index (χ0v) is 17.0. The SMILES string of the molecule is COCCCN1C(=O)C(=O)/C(=C(/O)c2ccc(Cl)cc2)[C@H]1c1ccc(OC)cc1. The van der Waals surface area contributed by atoms with Crippen molar-refractivity contribution in [3.63, 3.8) is 0 Å². The Labute approximate surface area is 174 Å². The second kappa shape index (κ2) is 9.11. The highest BCUT2D eigenvalue weighted by Gasteiger charge is 2.45. The molecule has 1 saturated heterocycles. The number of ether oxygens (including phenoxy) is 2. The fourth-order valence-corrected chi connectivity index (χ4v) is 3.51. The molecule has 0 radical (unpaired) electrons. The van der Waals surface area contributed by atoms with Crippen molar-refractivity contribution in [2.75, 3.05) is 27.4 Å². The number of methoxy groups -OCH3 is 2. The van der Waals surface area contributed by atoms with E-state index in [4.69, 9.17) is 21.1 Å². The normalized spacial score (nSPS) is 18.3. The van der Waals surface area contributed by atoms with Crippen LogP contribution in [-0.2, 0) is 14.3 Å². The number of Topliss-reactive ketones (excluding diaryl/α,β-unsaturated/α-hetero) is 1. The second-order valence-corrected chi connectivity index (χ2v) is 7.06. The number of hydrogen-bond donors (Lipinski definition) is 1. The molecule has 1 atom stereocenters. The third-order valence-electron chi connectivity index (χ3n) is 4.84. The smallest absolute Gasteiger partial charge is 0.295 e. The van der Waals surface area contributed by atoms with Gasteiger partial charge in [-0.15, -0.1) is 0 Å². The maximum atomic E-state index is 12.8. The highest BCUT2D eigenvalue weighted by Crippen LogP contribution is 2.39. The molecule has 0 saturated carbocycles. The molecule has 1 aliphatic rings. The molecule has 152 valence electrons. The summed E-state index contributed by atoms with van der Waals surface area (Å²) in [5.74, 6) is -0.925. The van der Waals surface area contributed by atoms with E-state index in [0.717, 1.165) is 0 Å². The van der Waals surface area contributed by atoms with Crippen LogP contribution in [0.4, 0.5) is 0 Å². The molecule has 1 heterocycles. The number of benzene rings is 2. The third-order valence-corrected chi connectivity index (χ3v) is 5.09. The van der Waals surface area contributed by atoms with Crippen LogP contribution < -0.4 is 4.74 Å². The van der Waals surface area contributed by atoms with Crippen LogP contribution in [0.1, 0.15) is 23.6 Å². The van der Waals surface area contributed by atoms with E-state index in [1.165, 1.54) is 4.90 Å². The van der Waals surface area contributed by atoms with E-state index >= 15 is 0 Å². The van der Waals surface area contributed by atoms with Gasteiger partial charge in [-0.3, -0.25) is 9.59 Å². The van der Waals surface area contributed by atoms with Crippen molar-refractivity contribution in [2.24, 2.45) is 0 Å². The van der Waals surface area contributed by atoms with E-state index in [-0.39, 0.29) is 11.3 Å². The predicted octanol–water partition coefficient (Wildman–Crippen LogP) is 3.81. The van der Waals surface area contributed by atoms with Crippen molar-refractivity contribution in [3.8, 4) is 5.75 Å². The first-order valence-electron chi connectivity index (χ1n) is 9.15. The van der Waals surface area contributed by atoms with Crippen LogP contribution in [0.3, 0.4) is 0 Å². The Bertz CT molecular complexity index is 921. The molecular formula is C22H22ClNO5. The Morgan fingerprint density at radius 1 is 1.07 bits per heavy atom. The minimum atomic E-state index is -0.712. The summed E-state index contributed by atoms with van der Waals surface area (Å²) in [6, 6.07) is 12.8. The van der Waals surface area contributed by atoms with Gasteiger partial charge in [0.2, 0.25) is 0 Å². The number of aliphatic hydroxyl groups is 1. The van der Waals surface area contributed by atoms with Gasteiger partial charge in [0.15, 0.2) is 0 Å². The Morgan fingerprint density at radius 2 is 1.72 bits per heavy atom. The van der Waals surface area contributed by atoms with Gasteiger partial charge in [-0.25, -0.2) is 0 Å². The molecule has 29 heavy (non-hydrogen) atoms. The van der Waals surface area contributed by atoms with Crippen molar-refractivity contribution in [3.05, 3.63) is 70.3 Å². The highest BCUT2D eigenvalue weighted by atomic mass is 35.5. The van der Waals surface area contributed by atoms with Crippen molar-refractivity contribution >= 4 is 29.1 Å². The fourth-order valence-electron chi connectivity index (χ4n) is 3.39. The van der Waals surface area contributed by atoms with Crippen LogP contribution in [0.25, 0.3) is 5.76 Å².